The highest BCUT2D eigenvalue weighted by Gasteiger charge is 2.93. The lowest BCUT2D eigenvalue weighted by Gasteiger charge is -2.80. The molecule has 0 bridgehead atoms. The van der Waals surface area contributed by atoms with E-state index in [4.69, 9.17) is 0 Å². The predicted octanol–water partition coefficient (Wildman–Crippen LogP) is -0.843. The number of fused-ring (bicyclic) bond motifs is 1. The smallest absolute Gasteiger partial charge is 0.251 e. The largest absolute Gasteiger partial charge is 0.394 e. The lowest BCUT2D eigenvalue weighted by atomic mass is 9.30. The van der Waals surface area contributed by atoms with Gasteiger partial charge in [-0.2, -0.15) is 0 Å². The fourth-order valence-electron chi connectivity index (χ4n) is 5.56. The Balaban J connectivity index is 1.80. The molecule has 7 N–H and O–H groups in total. The van der Waals surface area contributed by atoms with Gasteiger partial charge in [0.1, 0.15) is 22.9 Å². The van der Waals surface area contributed by atoms with Crippen LogP contribution in [0.5, 0.6) is 0 Å². The van der Waals surface area contributed by atoms with E-state index >= 15 is 0 Å². The van der Waals surface area contributed by atoms with Crippen LogP contribution in [0.2, 0.25) is 0 Å². The van der Waals surface area contributed by atoms with Crippen LogP contribution < -0.4 is 5.32 Å². The highest BCUT2D eigenvalue weighted by atomic mass is 16.5. The molecule has 0 saturated heterocycles. The maximum absolute atomic E-state index is 11.8. The maximum Gasteiger partial charge on any atom is 0.251 e. The molecule has 2 aromatic carbocycles. The van der Waals surface area contributed by atoms with E-state index in [2.05, 4.69) is 5.32 Å². The Hall–Kier alpha value is -2.33. The molecule has 2 saturated carbocycles. The van der Waals surface area contributed by atoms with E-state index in [1.807, 2.05) is 6.92 Å². The average molecular weight is 429 g/mol. The number of carbonyl (C=O) groups is 1. The molecule has 31 heavy (non-hydrogen) atoms. The van der Waals surface area contributed by atoms with Crippen LogP contribution in [0.25, 0.3) is 0 Å². The van der Waals surface area contributed by atoms with Crippen LogP contribution >= 0.6 is 0 Å². The van der Waals surface area contributed by atoms with Gasteiger partial charge in [-0.25, -0.2) is 0 Å². The zero-order chi connectivity index (χ0) is 22.8. The van der Waals surface area contributed by atoms with Gasteiger partial charge in [0.05, 0.1) is 18.6 Å². The number of rotatable bonds is 5. The molecule has 0 radical (unpaired) electrons. The van der Waals surface area contributed by atoms with Gasteiger partial charge in [0.2, 0.25) is 0 Å². The summed E-state index contributed by atoms with van der Waals surface area (Å²) in [5.41, 5.74) is -4.74. The molecule has 8 nitrogen and oxygen atoms in total. The number of hydrogen-bond acceptors (Lipinski definition) is 7. The molecule has 2 aromatic rings. The quantitative estimate of drug-likeness (QED) is 0.327. The molecule has 0 aliphatic heterocycles. The lowest BCUT2D eigenvalue weighted by Crippen LogP contribution is -2.99. The van der Waals surface area contributed by atoms with Crippen molar-refractivity contribution in [3.63, 3.8) is 0 Å². The first-order chi connectivity index (χ1) is 14.6. The Morgan fingerprint density at radius 1 is 1.03 bits per heavy atom. The minimum absolute atomic E-state index is 0.302. The Morgan fingerprint density at radius 2 is 1.58 bits per heavy atom. The Morgan fingerprint density at radius 3 is 2.10 bits per heavy atom. The number of aliphatic hydroxyl groups excluding tert-OH is 3. The molecular formula is C23H27NO7. The van der Waals surface area contributed by atoms with Crippen LogP contribution in [0.4, 0.5) is 0 Å². The highest BCUT2D eigenvalue weighted by Crippen LogP contribution is 2.75. The second-order valence-corrected chi connectivity index (χ2v) is 8.58. The molecule has 2 fully saturated rings. The molecule has 166 valence electrons. The van der Waals surface area contributed by atoms with Crippen molar-refractivity contribution in [3.8, 4) is 0 Å². The van der Waals surface area contributed by atoms with Crippen LogP contribution in [0, 0.1) is 6.92 Å². The number of hydrogen-bond donors (Lipinski definition) is 7. The van der Waals surface area contributed by atoms with Gasteiger partial charge in [0.25, 0.3) is 5.91 Å². The van der Waals surface area contributed by atoms with Gasteiger partial charge in [0, 0.05) is 18.5 Å². The third-order valence-electron chi connectivity index (χ3n) is 7.17. The fraction of sp³-hybridized carbons (Fsp3) is 0.435. The van der Waals surface area contributed by atoms with Gasteiger partial charge in [-0.15, -0.1) is 0 Å². The number of aliphatic hydroxyl groups is 6. The monoisotopic (exact) mass is 429 g/mol. The average Bonchev–Trinajstić information content (AvgIpc) is 2.79. The number of carbonyl (C=O) groups excluding carboxylic acids is 1. The van der Waals surface area contributed by atoms with E-state index in [0.717, 1.165) is 5.56 Å². The zero-order valence-corrected chi connectivity index (χ0v) is 17.2. The lowest BCUT2D eigenvalue weighted by molar-refractivity contribution is -0.459. The first kappa shape index (κ1) is 21.9. The summed E-state index contributed by atoms with van der Waals surface area (Å²) in [7, 11) is 1.48. The van der Waals surface area contributed by atoms with Crippen molar-refractivity contribution in [2.45, 2.75) is 47.8 Å². The standard InChI is InChI=1S/C23H27NO7/c1-12-3-5-13(6-4-12)17-19(27)22(30)18(21(29,16(26)11-25)23(17,22)31)14-7-9-15(10-8-14)20(28)24-2/h3-10,16-19,25-27,29-31H,11H2,1-2H3,(H,24,28)/t16-,17?,18?,19?,21+,22+,23+/m1/s1. The molecule has 0 spiro atoms. The molecule has 2 aliphatic carbocycles. The number of nitrogens with one attached hydrogen (secondary N) is 1. The van der Waals surface area contributed by atoms with E-state index in [-0.39, 0.29) is 5.91 Å². The van der Waals surface area contributed by atoms with Crippen molar-refractivity contribution < 1.29 is 35.4 Å². The number of aryl methyl sites for hydroxylation is 1. The van der Waals surface area contributed by atoms with Crippen molar-refractivity contribution >= 4 is 5.91 Å². The van der Waals surface area contributed by atoms with E-state index in [9.17, 15) is 35.4 Å². The van der Waals surface area contributed by atoms with E-state index in [1.165, 1.54) is 31.3 Å². The Labute approximate surface area is 179 Å². The topological polar surface area (TPSA) is 150 Å². The van der Waals surface area contributed by atoms with Gasteiger partial charge in [-0.3, -0.25) is 4.79 Å². The van der Waals surface area contributed by atoms with Crippen LogP contribution in [0.1, 0.15) is 38.9 Å². The van der Waals surface area contributed by atoms with Gasteiger partial charge in [0.15, 0.2) is 0 Å². The summed E-state index contributed by atoms with van der Waals surface area (Å²) >= 11 is 0. The molecule has 0 aromatic heterocycles. The van der Waals surface area contributed by atoms with Crippen LogP contribution in [-0.2, 0) is 0 Å². The minimum Gasteiger partial charge on any atom is -0.394 e. The summed E-state index contributed by atoms with van der Waals surface area (Å²) in [6.07, 6.45) is -3.23. The summed E-state index contributed by atoms with van der Waals surface area (Å²) in [5.74, 6) is -2.71. The second kappa shape index (κ2) is 7.09. The third kappa shape index (κ3) is 2.48. The molecule has 4 rings (SSSR count). The van der Waals surface area contributed by atoms with Gasteiger partial charge < -0.3 is 36.0 Å². The molecule has 0 heterocycles. The summed E-state index contributed by atoms with van der Waals surface area (Å²) < 4.78 is 0. The Bertz CT molecular complexity index is 994. The molecule has 2 aliphatic rings. The van der Waals surface area contributed by atoms with Gasteiger partial charge in [-0.1, -0.05) is 42.0 Å². The molecule has 3 unspecified atom stereocenters. The summed E-state index contributed by atoms with van der Waals surface area (Å²) in [6.45, 7) is 1.01. The van der Waals surface area contributed by atoms with Crippen LogP contribution in [0.15, 0.2) is 48.5 Å². The van der Waals surface area contributed by atoms with Crippen LogP contribution in [-0.4, -0.2) is 79.2 Å². The SMILES string of the molecule is CNC(=O)c1ccc(C2[C@]3(O)C(O)C(c4ccc(C)cc4)[C@]3(O)[C@]2(O)[C@H](O)CO)cc1. The van der Waals surface area contributed by atoms with E-state index < -0.39 is 47.5 Å². The third-order valence-corrected chi connectivity index (χ3v) is 7.17. The predicted molar refractivity (Wildman–Crippen MR) is 110 cm³/mol. The van der Waals surface area contributed by atoms with Gasteiger partial charge >= 0.3 is 0 Å². The van der Waals surface area contributed by atoms with Crippen molar-refractivity contribution in [3.05, 3.63) is 70.8 Å². The van der Waals surface area contributed by atoms with Crippen molar-refractivity contribution in [1.82, 2.24) is 5.32 Å². The van der Waals surface area contributed by atoms with E-state index in [0.29, 0.717) is 16.7 Å². The van der Waals surface area contributed by atoms with Crippen molar-refractivity contribution in [1.29, 1.82) is 0 Å². The summed E-state index contributed by atoms with van der Waals surface area (Å²) in [6, 6.07) is 12.8. The van der Waals surface area contributed by atoms with Crippen molar-refractivity contribution in [2.24, 2.45) is 0 Å². The zero-order valence-electron chi connectivity index (χ0n) is 17.2. The Kier molecular flexibility index (Phi) is 5.01. The normalized spacial score (nSPS) is 37.2. The fourth-order valence-corrected chi connectivity index (χ4v) is 5.56. The maximum atomic E-state index is 11.8. The number of benzene rings is 2. The molecule has 1 amide bonds. The highest BCUT2D eigenvalue weighted by molar-refractivity contribution is 5.94. The second-order valence-electron chi connectivity index (χ2n) is 8.58. The summed E-state index contributed by atoms with van der Waals surface area (Å²) in [4.78, 5) is 11.8. The molecule has 8 heteroatoms. The van der Waals surface area contributed by atoms with Crippen LogP contribution in [0.3, 0.4) is 0 Å². The first-order valence-corrected chi connectivity index (χ1v) is 10.1. The van der Waals surface area contributed by atoms with Crippen molar-refractivity contribution in [2.75, 3.05) is 13.7 Å². The molecular weight excluding hydrogens is 402 g/mol. The molecule has 7 atom stereocenters. The summed E-state index contributed by atoms with van der Waals surface area (Å²) in [5, 5.41) is 68.0. The van der Waals surface area contributed by atoms with Gasteiger partial charge in [-0.05, 0) is 30.2 Å². The first-order valence-electron chi connectivity index (χ1n) is 10.1. The minimum atomic E-state index is -2.35. The van der Waals surface area contributed by atoms with E-state index in [1.54, 1.807) is 24.3 Å². The number of amides is 1.